The molecule has 1 aromatic rings. The van der Waals surface area contributed by atoms with E-state index in [2.05, 4.69) is 5.32 Å². The average molecular weight is 545 g/mol. The van der Waals surface area contributed by atoms with Crippen molar-refractivity contribution in [3.63, 3.8) is 0 Å². The minimum atomic E-state index is -2.87. The number of Topliss-reactive ketones (excluding diaryl/α,β-unsaturated/α-hetero) is 4. The van der Waals surface area contributed by atoms with Gasteiger partial charge in [-0.1, -0.05) is 0 Å². The SMILES string of the molecule is C[C@@H]1C(=O)Nc2c(O)c3c(c(F)c2CN1C)C[C@H]1C[C@H]2[C@H](N(C)C)C(=O)C(C(N)=O)C(=O)[C@@]2(O)C(=O)C1C3=O. The molecule has 0 spiro atoms. The maximum absolute atomic E-state index is 16.0. The van der Waals surface area contributed by atoms with E-state index in [1.54, 1.807) is 18.9 Å². The Hall–Kier alpha value is -3.55. The van der Waals surface area contributed by atoms with Gasteiger partial charge in [-0.2, -0.15) is 0 Å². The fraction of sp³-hybridized carbons (Fsp3) is 0.538. The summed E-state index contributed by atoms with van der Waals surface area (Å²) in [5.74, 6) is -13.8. The van der Waals surface area contributed by atoms with Crippen molar-refractivity contribution in [2.75, 3.05) is 26.5 Å². The van der Waals surface area contributed by atoms with Crippen LogP contribution < -0.4 is 11.1 Å². The van der Waals surface area contributed by atoms with Crippen LogP contribution in [0.3, 0.4) is 0 Å². The Morgan fingerprint density at radius 1 is 1.15 bits per heavy atom. The predicted octanol–water partition coefficient (Wildman–Crippen LogP) is -1.22. The van der Waals surface area contributed by atoms with E-state index in [-0.39, 0.29) is 36.2 Å². The maximum Gasteiger partial charge on any atom is 0.241 e. The number of anilines is 1. The number of hydrogen-bond donors (Lipinski definition) is 4. The van der Waals surface area contributed by atoms with Gasteiger partial charge in [0.25, 0.3) is 0 Å². The van der Waals surface area contributed by atoms with Crippen LogP contribution in [0.2, 0.25) is 0 Å². The molecule has 208 valence electrons. The minimum Gasteiger partial charge on any atom is -0.505 e. The summed E-state index contributed by atoms with van der Waals surface area (Å²) in [6, 6.07) is -1.92. The average Bonchev–Trinajstić information content (AvgIpc) is 2.96. The largest absolute Gasteiger partial charge is 0.505 e. The molecule has 2 amide bonds. The number of fused-ring (bicyclic) bond motifs is 4. The van der Waals surface area contributed by atoms with Gasteiger partial charge in [0.15, 0.2) is 40.4 Å². The lowest BCUT2D eigenvalue weighted by Gasteiger charge is -2.52. The van der Waals surface area contributed by atoms with Gasteiger partial charge in [0, 0.05) is 23.6 Å². The van der Waals surface area contributed by atoms with Crippen molar-refractivity contribution in [2.24, 2.45) is 29.4 Å². The Bertz CT molecular complexity index is 1390. The monoisotopic (exact) mass is 544 g/mol. The molecule has 5 N–H and O–H groups in total. The van der Waals surface area contributed by atoms with Crippen LogP contribution in [0.5, 0.6) is 5.75 Å². The first-order valence-electron chi connectivity index (χ1n) is 12.6. The number of amides is 2. The zero-order valence-electron chi connectivity index (χ0n) is 21.8. The molecule has 5 rings (SSSR count). The maximum atomic E-state index is 16.0. The first-order chi connectivity index (χ1) is 18.1. The second-order valence-corrected chi connectivity index (χ2v) is 11.2. The fourth-order valence-electron chi connectivity index (χ4n) is 6.85. The van der Waals surface area contributed by atoms with Gasteiger partial charge in [0.05, 0.1) is 29.3 Å². The summed E-state index contributed by atoms with van der Waals surface area (Å²) in [6.45, 7) is 1.54. The van der Waals surface area contributed by atoms with E-state index >= 15 is 4.39 Å². The fourth-order valence-corrected chi connectivity index (χ4v) is 6.85. The van der Waals surface area contributed by atoms with Crippen molar-refractivity contribution >= 4 is 40.6 Å². The zero-order valence-corrected chi connectivity index (χ0v) is 21.8. The summed E-state index contributed by atoms with van der Waals surface area (Å²) in [4.78, 5) is 81.6. The molecule has 1 aromatic carbocycles. The van der Waals surface area contributed by atoms with Crippen molar-refractivity contribution in [1.29, 1.82) is 0 Å². The van der Waals surface area contributed by atoms with E-state index in [1.165, 1.54) is 19.0 Å². The van der Waals surface area contributed by atoms with Gasteiger partial charge >= 0.3 is 0 Å². The first kappa shape index (κ1) is 27.0. The minimum absolute atomic E-state index is 0.0187. The second kappa shape index (κ2) is 8.73. The molecule has 0 saturated heterocycles. The summed E-state index contributed by atoms with van der Waals surface area (Å²) in [5, 5.41) is 25.2. The summed E-state index contributed by atoms with van der Waals surface area (Å²) < 4.78 is 16.0. The lowest BCUT2D eigenvalue weighted by molar-refractivity contribution is -0.181. The number of nitrogens with zero attached hydrogens (tertiary/aromatic N) is 2. The van der Waals surface area contributed by atoms with E-state index in [0.717, 1.165) is 0 Å². The van der Waals surface area contributed by atoms with Crippen molar-refractivity contribution in [3.05, 3.63) is 22.5 Å². The highest BCUT2D eigenvalue weighted by atomic mass is 19.1. The quantitative estimate of drug-likeness (QED) is 0.260. The third kappa shape index (κ3) is 3.46. The van der Waals surface area contributed by atoms with E-state index < -0.39 is 93.4 Å². The van der Waals surface area contributed by atoms with Crippen molar-refractivity contribution < 1.29 is 43.4 Å². The molecule has 2 unspecified atom stereocenters. The van der Waals surface area contributed by atoms with Crippen LogP contribution in [-0.2, 0) is 36.9 Å². The lowest BCUT2D eigenvalue weighted by atomic mass is 9.52. The number of carbonyl (C=O) groups is 6. The number of hydrogen-bond acceptors (Lipinski definition) is 10. The normalized spacial score (nSPS) is 34.6. The number of ketones is 4. The van der Waals surface area contributed by atoms with Crippen molar-refractivity contribution in [3.8, 4) is 5.75 Å². The molecule has 3 aliphatic carbocycles. The molecule has 0 aromatic heterocycles. The second-order valence-electron chi connectivity index (χ2n) is 11.2. The third-order valence-corrected chi connectivity index (χ3v) is 8.96. The van der Waals surface area contributed by atoms with E-state index in [4.69, 9.17) is 5.73 Å². The van der Waals surface area contributed by atoms with Crippen LogP contribution >= 0.6 is 0 Å². The topological polar surface area (TPSA) is 187 Å². The number of nitrogens with one attached hydrogen (secondary N) is 1. The van der Waals surface area contributed by atoms with Gasteiger partial charge in [0.2, 0.25) is 11.8 Å². The molecule has 39 heavy (non-hydrogen) atoms. The van der Waals surface area contributed by atoms with Crippen molar-refractivity contribution in [1.82, 2.24) is 9.80 Å². The molecular formula is C26H29FN4O8. The standard InChI is InChI=1S/C26H29FN4O8/c1-8-25(38)29-17-11(7-31(8)4)16(27)10-5-9-6-12-18(30(2)3)21(34)15(24(28)37)23(36)26(12,39)22(35)13(9)19(32)14(10)20(17)33/h8-9,12-13,15,18,33,39H,5-7H2,1-4H3,(H2,28,37)(H,29,38)/t8-,9+,12+,13?,15?,18+,26+/m1/s1. The van der Waals surface area contributed by atoms with E-state index in [9.17, 15) is 39.0 Å². The molecule has 0 radical (unpaired) electrons. The Kier molecular flexibility index (Phi) is 6.05. The molecule has 4 aliphatic rings. The Morgan fingerprint density at radius 2 is 1.79 bits per heavy atom. The Balaban J connectivity index is 1.66. The summed E-state index contributed by atoms with van der Waals surface area (Å²) in [6.07, 6.45) is -0.388. The Labute approximate surface area is 222 Å². The third-order valence-electron chi connectivity index (χ3n) is 8.96. The number of likely N-dealkylation sites (N-methyl/N-ethyl adjacent to an activating group) is 2. The predicted molar refractivity (Wildman–Crippen MR) is 131 cm³/mol. The van der Waals surface area contributed by atoms with Crippen LogP contribution in [-0.4, -0.2) is 93.8 Å². The van der Waals surface area contributed by atoms with E-state index in [1.807, 2.05) is 0 Å². The van der Waals surface area contributed by atoms with Crippen molar-refractivity contribution in [2.45, 2.75) is 44.0 Å². The molecule has 12 nitrogen and oxygen atoms in total. The number of halogens is 1. The van der Waals surface area contributed by atoms with Gasteiger partial charge < -0.3 is 21.3 Å². The summed E-state index contributed by atoms with van der Waals surface area (Å²) in [7, 11) is 4.57. The van der Waals surface area contributed by atoms with E-state index in [0.29, 0.717) is 0 Å². The molecule has 13 heteroatoms. The number of carbonyl (C=O) groups excluding carboxylic acids is 6. The van der Waals surface area contributed by atoms with Crippen LogP contribution in [0.15, 0.2) is 0 Å². The number of nitrogens with two attached hydrogens (primary N) is 1. The molecular weight excluding hydrogens is 515 g/mol. The molecule has 2 fully saturated rings. The van der Waals surface area contributed by atoms with Gasteiger partial charge in [0.1, 0.15) is 5.82 Å². The molecule has 1 aliphatic heterocycles. The highest BCUT2D eigenvalue weighted by molar-refractivity contribution is 6.32. The zero-order chi connectivity index (χ0) is 28.9. The highest BCUT2D eigenvalue weighted by Crippen LogP contribution is 2.52. The number of primary amides is 1. The summed E-state index contributed by atoms with van der Waals surface area (Å²) in [5.41, 5.74) is 1.49. The molecule has 0 bridgehead atoms. The van der Waals surface area contributed by atoms with Crippen LogP contribution in [0.1, 0.15) is 34.8 Å². The lowest BCUT2D eigenvalue weighted by Crippen LogP contribution is -2.74. The van der Waals surface area contributed by atoms with Crippen LogP contribution in [0.4, 0.5) is 10.1 Å². The first-order valence-corrected chi connectivity index (χ1v) is 12.6. The van der Waals surface area contributed by atoms with Gasteiger partial charge in [-0.15, -0.1) is 0 Å². The van der Waals surface area contributed by atoms with Gasteiger partial charge in [-0.05, 0) is 46.8 Å². The number of phenols is 1. The highest BCUT2D eigenvalue weighted by Gasteiger charge is 2.69. The molecule has 2 saturated carbocycles. The van der Waals surface area contributed by atoms with Gasteiger partial charge in [-0.3, -0.25) is 38.6 Å². The summed E-state index contributed by atoms with van der Waals surface area (Å²) >= 11 is 0. The number of aromatic hydroxyl groups is 1. The van der Waals surface area contributed by atoms with Crippen LogP contribution in [0.25, 0.3) is 0 Å². The number of rotatable bonds is 2. The number of benzene rings is 1. The Morgan fingerprint density at radius 3 is 2.38 bits per heavy atom. The molecule has 1 heterocycles. The smallest absolute Gasteiger partial charge is 0.241 e. The molecule has 7 atom stereocenters. The van der Waals surface area contributed by atoms with Crippen LogP contribution in [0, 0.1) is 29.5 Å². The number of phenolic OH excluding ortho intramolecular Hbond substituents is 1. The number of aliphatic hydroxyl groups is 1. The van der Waals surface area contributed by atoms with Gasteiger partial charge in [-0.25, -0.2) is 4.39 Å².